The van der Waals surface area contributed by atoms with Crippen LogP contribution >= 0.6 is 0 Å². The van der Waals surface area contributed by atoms with Crippen LogP contribution in [0.4, 0.5) is 16.4 Å². The zero-order valence-electron chi connectivity index (χ0n) is 24.8. The minimum absolute atomic E-state index is 0.224. The molecule has 4 rings (SSSR count). The molecule has 0 unspecified atom stereocenters. The Labute approximate surface area is 249 Å². The number of nitrogens with zero attached hydrogens (tertiary/aromatic N) is 5. The van der Waals surface area contributed by atoms with Crippen LogP contribution in [0.2, 0.25) is 0 Å². The highest BCUT2D eigenvalue weighted by molar-refractivity contribution is 5.73. The van der Waals surface area contributed by atoms with Gasteiger partial charge in [-0.2, -0.15) is 9.67 Å². The largest absolute Gasteiger partial charge is 0.494 e. The number of hydrogen-bond acceptors (Lipinski definition) is 11. The van der Waals surface area contributed by atoms with E-state index < -0.39 is 11.7 Å². The fraction of sp³-hybridized carbons (Fsp3) is 0.400. The lowest BCUT2D eigenvalue weighted by atomic mass is 10.2. The molecule has 4 aromatic rings. The number of alkyl carbamates (subject to hydrolysis) is 1. The van der Waals surface area contributed by atoms with Crippen LogP contribution in [-0.2, 0) is 14.3 Å². The van der Waals surface area contributed by atoms with Gasteiger partial charge in [0.05, 0.1) is 31.7 Å². The number of amides is 1. The third-order valence-electron chi connectivity index (χ3n) is 5.72. The first-order chi connectivity index (χ1) is 20.7. The first-order valence-corrected chi connectivity index (χ1v) is 14.1. The number of hydrogen-bond donors (Lipinski definition) is 2. The van der Waals surface area contributed by atoms with Crippen LogP contribution in [0.15, 0.2) is 54.7 Å². The fourth-order valence-electron chi connectivity index (χ4n) is 3.85. The summed E-state index contributed by atoms with van der Waals surface area (Å²) in [5, 5.41) is 14.3. The molecule has 2 heterocycles. The lowest BCUT2D eigenvalue weighted by Gasteiger charge is -2.19. The molecule has 0 bridgehead atoms. The van der Waals surface area contributed by atoms with Crippen LogP contribution in [0.3, 0.4) is 0 Å². The molecular weight excluding hydrogens is 554 g/mol. The predicted octanol–water partition coefficient (Wildman–Crippen LogP) is 4.97. The number of esters is 1. The van der Waals surface area contributed by atoms with Crippen molar-refractivity contribution >= 4 is 34.9 Å². The third-order valence-corrected chi connectivity index (χ3v) is 5.72. The lowest BCUT2D eigenvalue weighted by Crippen LogP contribution is -2.33. The second-order valence-corrected chi connectivity index (χ2v) is 10.4. The first kappa shape index (κ1) is 31.0. The maximum atomic E-state index is 11.7. The molecule has 43 heavy (non-hydrogen) atoms. The van der Waals surface area contributed by atoms with Gasteiger partial charge in [0.2, 0.25) is 5.95 Å². The standard InChI is InChI=1S/C30H37N7O6/c1-5-40-26(38)11-7-17-41-23-14-12-22(13-15-23)37-27-25(35-36-37)20-32-28(34-27)33-21-9-6-10-24(19-21)42-18-8-16-31-29(39)43-30(2,3)4/h6,9-10,12-15,19-20H,5,7-8,11,16-18H2,1-4H3,(H,31,39)(H,32,33,34). The summed E-state index contributed by atoms with van der Waals surface area (Å²) in [4.78, 5) is 32.2. The maximum absolute atomic E-state index is 11.7. The molecule has 2 aromatic heterocycles. The molecule has 0 spiro atoms. The second-order valence-electron chi connectivity index (χ2n) is 10.4. The van der Waals surface area contributed by atoms with E-state index in [2.05, 4.69) is 30.9 Å². The molecular formula is C30H37N7O6. The normalized spacial score (nSPS) is 11.2. The molecule has 0 aliphatic heterocycles. The molecule has 228 valence electrons. The van der Waals surface area contributed by atoms with Gasteiger partial charge < -0.3 is 29.6 Å². The van der Waals surface area contributed by atoms with Gasteiger partial charge in [-0.1, -0.05) is 11.3 Å². The highest BCUT2D eigenvalue weighted by Gasteiger charge is 2.15. The monoisotopic (exact) mass is 591 g/mol. The molecule has 0 atom stereocenters. The second kappa shape index (κ2) is 14.8. The van der Waals surface area contributed by atoms with Crippen molar-refractivity contribution in [1.82, 2.24) is 30.3 Å². The number of rotatable bonds is 14. The van der Waals surface area contributed by atoms with Gasteiger partial charge in [-0.05, 0) is 76.9 Å². The summed E-state index contributed by atoms with van der Waals surface area (Å²) in [7, 11) is 0. The molecule has 13 nitrogen and oxygen atoms in total. The van der Waals surface area contributed by atoms with Gasteiger partial charge in [0.25, 0.3) is 0 Å². The molecule has 0 saturated heterocycles. The van der Waals surface area contributed by atoms with E-state index in [1.807, 2.05) is 69.3 Å². The molecule has 0 aliphatic rings. The van der Waals surface area contributed by atoms with Crippen LogP contribution < -0.4 is 20.1 Å². The summed E-state index contributed by atoms with van der Waals surface area (Å²) < 4.78 is 23.3. The van der Waals surface area contributed by atoms with Gasteiger partial charge in [0.1, 0.15) is 17.1 Å². The van der Waals surface area contributed by atoms with Crippen molar-refractivity contribution in [3.8, 4) is 17.2 Å². The topological polar surface area (TPSA) is 152 Å². The predicted molar refractivity (Wildman–Crippen MR) is 160 cm³/mol. The quantitative estimate of drug-likeness (QED) is 0.151. The highest BCUT2D eigenvalue weighted by Crippen LogP contribution is 2.22. The molecule has 0 fully saturated rings. The Morgan fingerprint density at radius 3 is 2.51 bits per heavy atom. The van der Waals surface area contributed by atoms with Crippen molar-refractivity contribution in [3.05, 3.63) is 54.7 Å². The minimum Gasteiger partial charge on any atom is -0.494 e. The fourth-order valence-corrected chi connectivity index (χ4v) is 3.85. The van der Waals surface area contributed by atoms with E-state index in [4.69, 9.17) is 18.9 Å². The molecule has 1 amide bonds. The van der Waals surface area contributed by atoms with Crippen molar-refractivity contribution in [1.29, 1.82) is 0 Å². The number of nitrogens with one attached hydrogen (secondary N) is 2. The Balaban J connectivity index is 1.31. The molecule has 13 heteroatoms. The van der Waals surface area contributed by atoms with Gasteiger partial charge in [-0.15, -0.1) is 5.10 Å². The molecule has 0 saturated carbocycles. The Kier molecular flexibility index (Phi) is 10.7. The lowest BCUT2D eigenvalue weighted by molar-refractivity contribution is -0.143. The smallest absolute Gasteiger partial charge is 0.407 e. The first-order valence-electron chi connectivity index (χ1n) is 14.1. The van der Waals surface area contributed by atoms with Gasteiger partial charge in [-0.25, -0.2) is 9.78 Å². The molecule has 2 N–H and O–H groups in total. The zero-order chi connectivity index (χ0) is 30.7. The van der Waals surface area contributed by atoms with Gasteiger partial charge >= 0.3 is 12.1 Å². The highest BCUT2D eigenvalue weighted by atomic mass is 16.6. The Morgan fingerprint density at radius 1 is 0.977 bits per heavy atom. The summed E-state index contributed by atoms with van der Waals surface area (Å²) in [6, 6.07) is 14.8. The van der Waals surface area contributed by atoms with Crippen LogP contribution in [0.1, 0.15) is 47.0 Å². The van der Waals surface area contributed by atoms with Crippen LogP contribution in [0, 0.1) is 0 Å². The van der Waals surface area contributed by atoms with Crippen molar-refractivity contribution in [2.24, 2.45) is 0 Å². The number of carbonyl (C=O) groups is 2. The van der Waals surface area contributed by atoms with Gasteiger partial charge in [-0.3, -0.25) is 4.79 Å². The number of aromatic nitrogens is 5. The van der Waals surface area contributed by atoms with E-state index in [-0.39, 0.29) is 5.97 Å². The molecule has 2 aromatic carbocycles. The Hall–Kier alpha value is -4.94. The summed E-state index contributed by atoms with van der Waals surface area (Å²) in [6.07, 6.45) is 2.67. The maximum Gasteiger partial charge on any atom is 0.407 e. The SMILES string of the molecule is CCOC(=O)CCCOc1ccc(-n2nnc3cnc(Nc4cccc(OCCCNC(=O)OC(C)(C)C)c4)nc32)cc1. The van der Waals surface area contributed by atoms with E-state index in [9.17, 15) is 9.59 Å². The van der Waals surface area contributed by atoms with Crippen molar-refractivity contribution in [3.63, 3.8) is 0 Å². The molecule has 0 radical (unpaired) electrons. The van der Waals surface area contributed by atoms with E-state index in [0.717, 1.165) is 11.4 Å². The van der Waals surface area contributed by atoms with E-state index >= 15 is 0 Å². The summed E-state index contributed by atoms with van der Waals surface area (Å²) in [5.74, 6) is 1.49. The Bertz CT molecular complexity index is 1500. The number of anilines is 2. The number of carbonyl (C=O) groups excluding carboxylic acids is 2. The average Bonchev–Trinajstić information content (AvgIpc) is 3.38. The van der Waals surface area contributed by atoms with Crippen LogP contribution in [0.5, 0.6) is 11.5 Å². The van der Waals surface area contributed by atoms with Crippen molar-refractivity contribution < 1.29 is 28.5 Å². The van der Waals surface area contributed by atoms with Gasteiger partial charge in [0.15, 0.2) is 11.2 Å². The average molecular weight is 592 g/mol. The summed E-state index contributed by atoms with van der Waals surface area (Å²) >= 11 is 0. The summed E-state index contributed by atoms with van der Waals surface area (Å²) in [5.41, 5.74) is 2.04. The van der Waals surface area contributed by atoms with E-state index in [1.54, 1.807) is 17.8 Å². The minimum atomic E-state index is -0.533. The van der Waals surface area contributed by atoms with E-state index in [1.165, 1.54) is 0 Å². The molecule has 0 aliphatic carbocycles. The zero-order valence-corrected chi connectivity index (χ0v) is 24.8. The van der Waals surface area contributed by atoms with Gasteiger partial charge in [0, 0.05) is 24.7 Å². The van der Waals surface area contributed by atoms with E-state index in [0.29, 0.717) is 74.2 Å². The van der Waals surface area contributed by atoms with Crippen LogP contribution in [-0.4, -0.2) is 69.0 Å². The number of benzene rings is 2. The number of ether oxygens (including phenoxy) is 4. The number of fused-ring (bicyclic) bond motifs is 1. The van der Waals surface area contributed by atoms with Crippen LogP contribution in [0.25, 0.3) is 16.9 Å². The third kappa shape index (κ3) is 9.83. The van der Waals surface area contributed by atoms with Crippen molar-refractivity contribution in [2.75, 3.05) is 31.7 Å². The van der Waals surface area contributed by atoms with Crippen molar-refractivity contribution in [2.45, 2.75) is 52.6 Å². The Morgan fingerprint density at radius 2 is 1.74 bits per heavy atom. The summed E-state index contributed by atoms with van der Waals surface area (Å²) in [6.45, 7) is 8.89.